The minimum absolute atomic E-state index is 0.0927. The topological polar surface area (TPSA) is 79.7 Å². The van der Waals surface area contributed by atoms with Gasteiger partial charge in [0.25, 0.3) is 0 Å². The first-order chi connectivity index (χ1) is 8.17. The van der Waals surface area contributed by atoms with Gasteiger partial charge in [-0.15, -0.1) is 0 Å². The Kier molecular flexibility index (Phi) is 2.93. The van der Waals surface area contributed by atoms with Crippen LogP contribution in [0.25, 0.3) is 10.8 Å². The number of rotatable bonds is 2. The molecule has 0 radical (unpaired) electrons. The monoisotopic (exact) mass is 233 g/mol. The summed E-state index contributed by atoms with van der Waals surface area (Å²) in [6.07, 6.45) is 1.53. The van der Waals surface area contributed by atoms with Crippen molar-refractivity contribution in [3.05, 3.63) is 35.7 Å². The molecule has 0 aliphatic heterocycles. The Hall–Kier alpha value is -2.14. The van der Waals surface area contributed by atoms with Gasteiger partial charge >= 0.3 is 5.97 Å². The summed E-state index contributed by atoms with van der Waals surface area (Å²) in [6, 6.07) is 4.68. The molecule has 0 saturated carbocycles. The smallest absolute Gasteiger partial charge is 0.341 e. The molecule has 0 fully saturated rings. The van der Waals surface area contributed by atoms with E-state index in [1.54, 1.807) is 6.07 Å². The molecule has 0 aliphatic carbocycles. The van der Waals surface area contributed by atoms with Crippen molar-refractivity contribution >= 4 is 16.7 Å². The predicted octanol–water partition coefficient (Wildman–Crippen LogP) is 1.22. The lowest BCUT2D eigenvalue weighted by Crippen LogP contribution is -2.01. The van der Waals surface area contributed by atoms with Gasteiger partial charge in [0.15, 0.2) is 0 Å². The van der Waals surface area contributed by atoms with Gasteiger partial charge in [-0.1, -0.05) is 6.07 Å². The maximum atomic E-state index is 11.4. The number of phenolic OH excluding ortho intramolecular Hbond substituents is 1. The third-order valence-corrected chi connectivity index (χ3v) is 2.50. The Morgan fingerprint density at radius 2 is 2.24 bits per heavy atom. The lowest BCUT2D eigenvalue weighted by atomic mass is 10.1. The lowest BCUT2D eigenvalue weighted by molar-refractivity contribution is 0.0598. The van der Waals surface area contributed by atoms with Crippen LogP contribution in [-0.4, -0.2) is 28.3 Å². The Labute approximate surface area is 97.3 Å². The fourth-order valence-electron chi connectivity index (χ4n) is 1.61. The zero-order valence-corrected chi connectivity index (χ0v) is 9.17. The molecule has 0 bridgehead atoms. The molecule has 2 aromatic rings. The van der Waals surface area contributed by atoms with E-state index in [0.717, 1.165) is 0 Å². The number of aliphatic hydroxyl groups is 1. The van der Waals surface area contributed by atoms with Gasteiger partial charge in [0.2, 0.25) is 0 Å². The van der Waals surface area contributed by atoms with E-state index >= 15 is 0 Å². The number of carbonyl (C=O) groups excluding carboxylic acids is 1. The van der Waals surface area contributed by atoms with Crippen LogP contribution in [0, 0.1) is 0 Å². The average Bonchev–Trinajstić information content (AvgIpc) is 2.38. The molecular formula is C12H11NO4. The van der Waals surface area contributed by atoms with Gasteiger partial charge in [-0.25, -0.2) is 4.79 Å². The quantitative estimate of drug-likeness (QED) is 0.762. The van der Waals surface area contributed by atoms with Crippen molar-refractivity contribution in [3.8, 4) is 5.75 Å². The summed E-state index contributed by atoms with van der Waals surface area (Å²) in [5, 5.41) is 20.1. The van der Waals surface area contributed by atoms with Gasteiger partial charge in [-0.2, -0.15) is 0 Å². The normalized spacial score (nSPS) is 10.5. The lowest BCUT2D eigenvalue weighted by Gasteiger charge is -2.07. The second-order valence-corrected chi connectivity index (χ2v) is 3.51. The molecule has 0 unspecified atom stereocenters. The molecule has 0 spiro atoms. The van der Waals surface area contributed by atoms with E-state index in [2.05, 4.69) is 9.72 Å². The second-order valence-electron chi connectivity index (χ2n) is 3.51. The summed E-state index contributed by atoms with van der Waals surface area (Å²) in [7, 11) is 1.25. The first-order valence-corrected chi connectivity index (χ1v) is 4.97. The zero-order chi connectivity index (χ0) is 12.4. The Morgan fingerprint density at radius 1 is 1.47 bits per heavy atom. The third kappa shape index (κ3) is 1.92. The van der Waals surface area contributed by atoms with E-state index in [1.165, 1.54) is 25.4 Å². The van der Waals surface area contributed by atoms with Crippen LogP contribution < -0.4 is 0 Å². The van der Waals surface area contributed by atoms with E-state index in [0.29, 0.717) is 16.5 Å². The van der Waals surface area contributed by atoms with Gasteiger partial charge in [-0.05, 0) is 12.1 Å². The molecule has 17 heavy (non-hydrogen) atoms. The van der Waals surface area contributed by atoms with Crippen LogP contribution in [0.15, 0.2) is 24.4 Å². The van der Waals surface area contributed by atoms with Crippen LogP contribution in [-0.2, 0) is 11.3 Å². The minimum atomic E-state index is -0.605. The number of nitrogens with zero attached hydrogens (tertiary/aromatic N) is 1. The van der Waals surface area contributed by atoms with E-state index in [9.17, 15) is 9.90 Å². The number of hydrogen-bond donors (Lipinski definition) is 2. The van der Waals surface area contributed by atoms with Crippen molar-refractivity contribution in [1.82, 2.24) is 4.98 Å². The highest BCUT2D eigenvalue weighted by atomic mass is 16.5. The number of pyridine rings is 1. The minimum Gasteiger partial charge on any atom is -0.506 e. The molecule has 1 aromatic carbocycles. The summed E-state index contributed by atoms with van der Waals surface area (Å²) in [5.41, 5.74) is 0.518. The van der Waals surface area contributed by atoms with Gasteiger partial charge in [-0.3, -0.25) is 4.98 Å². The number of carbonyl (C=O) groups is 1. The molecule has 2 rings (SSSR count). The number of aromatic hydroxyl groups is 1. The Morgan fingerprint density at radius 3 is 2.88 bits per heavy atom. The van der Waals surface area contributed by atoms with Gasteiger partial charge < -0.3 is 14.9 Å². The number of aliphatic hydroxyl groups excluding tert-OH is 1. The van der Waals surface area contributed by atoms with Crippen molar-refractivity contribution in [2.24, 2.45) is 0 Å². The molecule has 1 heterocycles. The zero-order valence-electron chi connectivity index (χ0n) is 9.17. The summed E-state index contributed by atoms with van der Waals surface area (Å²) < 4.78 is 4.56. The Balaban J connectivity index is 2.68. The summed E-state index contributed by atoms with van der Waals surface area (Å²) in [5.74, 6) is -0.766. The van der Waals surface area contributed by atoms with E-state index in [-0.39, 0.29) is 17.9 Å². The molecule has 0 amide bonds. The van der Waals surface area contributed by atoms with Crippen molar-refractivity contribution in [2.45, 2.75) is 6.61 Å². The highest BCUT2D eigenvalue weighted by molar-refractivity contribution is 6.00. The largest absolute Gasteiger partial charge is 0.506 e. The van der Waals surface area contributed by atoms with Gasteiger partial charge in [0.05, 0.1) is 19.4 Å². The third-order valence-electron chi connectivity index (χ3n) is 2.50. The molecule has 0 saturated heterocycles. The maximum absolute atomic E-state index is 11.4. The number of aromatic nitrogens is 1. The Bertz CT molecular complexity index is 580. The fourth-order valence-corrected chi connectivity index (χ4v) is 1.61. The summed E-state index contributed by atoms with van der Waals surface area (Å²) in [4.78, 5) is 15.4. The standard InChI is InChI=1S/C12H11NO4/c1-17-12(16)9-3-2-7-5-13-8(6-14)4-10(7)11(9)15/h2-5,14-15H,6H2,1H3. The molecule has 5 nitrogen and oxygen atoms in total. The molecule has 88 valence electrons. The van der Waals surface area contributed by atoms with E-state index < -0.39 is 5.97 Å². The summed E-state index contributed by atoms with van der Waals surface area (Å²) in [6.45, 7) is -0.224. The van der Waals surface area contributed by atoms with E-state index in [1.807, 2.05) is 0 Å². The van der Waals surface area contributed by atoms with Crippen molar-refractivity contribution < 1.29 is 19.7 Å². The number of ether oxygens (including phenoxy) is 1. The highest BCUT2D eigenvalue weighted by Crippen LogP contribution is 2.29. The van der Waals surface area contributed by atoms with Gasteiger partial charge in [0, 0.05) is 17.0 Å². The average molecular weight is 233 g/mol. The first kappa shape index (κ1) is 11.3. The summed E-state index contributed by atoms with van der Waals surface area (Å²) >= 11 is 0. The number of methoxy groups -OCH3 is 1. The van der Waals surface area contributed by atoms with Crippen molar-refractivity contribution in [1.29, 1.82) is 0 Å². The number of phenols is 1. The van der Waals surface area contributed by atoms with Crippen molar-refractivity contribution in [2.75, 3.05) is 7.11 Å². The van der Waals surface area contributed by atoms with Gasteiger partial charge in [0.1, 0.15) is 11.3 Å². The fraction of sp³-hybridized carbons (Fsp3) is 0.167. The number of benzene rings is 1. The number of fused-ring (bicyclic) bond motifs is 1. The number of hydrogen-bond acceptors (Lipinski definition) is 5. The van der Waals surface area contributed by atoms with Crippen LogP contribution in [0.3, 0.4) is 0 Å². The SMILES string of the molecule is COC(=O)c1ccc2cnc(CO)cc2c1O. The molecule has 0 aliphatic rings. The van der Waals surface area contributed by atoms with Crippen LogP contribution in [0.1, 0.15) is 16.1 Å². The van der Waals surface area contributed by atoms with Crippen LogP contribution >= 0.6 is 0 Å². The first-order valence-electron chi connectivity index (χ1n) is 4.97. The highest BCUT2D eigenvalue weighted by Gasteiger charge is 2.14. The second kappa shape index (κ2) is 4.39. The predicted molar refractivity (Wildman–Crippen MR) is 60.7 cm³/mol. The molecule has 0 atom stereocenters. The molecule has 1 aromatic heterocycles. The van der Waals surface area contributed by atoms with Crippen molar-refractivity contribution in [3.63, 3.8) is 0 Å². The van der Waals surface area contributed by atoms with Crippen LogP contribution in [0.5, 0.6) is 5.75 Å². The molecule has 2 N–H and O–H groups in total. The number of esters is 1. The van der Waals surface area contributed by atoms with E-state index in [4.69, 9.17) is 5.11 Å². The molecular weight excluding hydrogens is 222 g/mol. The maximum Gasteiger partial charge on any atom is 0.341 e. The van der Waals surface area contributed by atoms with Crippen LogP contribution in [0.4, 0.5) is 0 Å². The molecule has 5 heteroatoms. The van der Waals surface area contributed by atoms with Crippen LogP contribution in [0.2, 0.25) is 0 Å².